The summed E-state index contributed by atoms with van der Waals surface area (Å²) in [7, 11) is 0. The molecule has 0 bridgehead atoms. The van der Waals surface area contributed by atoms with E-state index in [1.165, 1.54) is 6.20 Å². The molecule has 1 heterocycles. The highest BCUT2D eigenvalue weighted by Gasteiger charge is 2.08. The third kappa shape index (κ3) is 2.94. The third-order valence-electron chi connectivity index (χ3n) is 2.05. The molecule has 2 rings (SSSR count). The number of benzene rings is 1. The van der Waals surface area contributed by atoms with Gasteiger partial charge in [-0.2, -0.15) is 4.98 Å². The van der Waals surface area contributed by atoms with Crippen LogP contribution in [0.4, 0.5) is 17.5 Å². The molecule has 94 valence electrons. The number of aromatic nitrogens is 2. The zero-order chi connectivity index (χ0) is 13.1. The van der Waals surface area contributed by atoms with Gasteiger partial charge in [0.2, 0.25) is 5.95 Å². The Labute approximate surface area is 118 Å². The Kier molecular flexibility index (Phi) is 4.08. The molecule has 4 N–H and O–H groups in total. The van der Waals surface area contributed by atoms with Crippen LogP contribution in [0.1, 0.15) is 0 Å². The minimum atomic E-state index is 0.236. The molecule has 0 atom stereocenters. The monoisotopic (exact) mass is 303 g/mol. The second kappa shape index (κ2) is 5.58. The quantitative estimate of drug-likeness (QED) is 0.598. The molecule has 0 radical (unpaired) electrons. The second-order valence-corrected chi connectivity index (χ2v) is 4.53. The highest BCUT2D eigenvalue weighted by molar-refractivity contribution is 6.36. The van der Waals surface area contributed by atoms with Crippen LogP contribution in [0.25, 0.3) is 0 Å². The molecule has 1 aromatic heterocycles. The first-order chi connectivity index (χ1) is 8.60. The summed E-state index contributed by atoms with van der Waals surface area (Å²) in [5.41, 5.74) is 2.92. The summed E-state index contributed by atoms with van der Waals surface area (Å²) in [6.45, 7) is 0. The lowest BCUT2D eigenvalue weighted by atomic mass is 10.3. The van der Waals surface area contributed by atoms with Gasteiger partial charge in [0, 0.05) is 5.02 Å². The van der Waals surface area contributed by atoms with Crippen LogP contribution in [-0.4, -0.2) is 9.97 Å². The van der Waals surface area contributed by atoms with E-state index in [2.05, 4.69) is 20.7 Å². The molecule has 0 aliphatic heterocycles. The van der Waals surface area contributed by atoms with E-state index >= 15 is 0 Å². The van der Waals surface area contributed by atoms with Crippen LogP contribution in [-0.2, 0) is 0 Å². The molecule has 2 aromatic rings. The average Bonchev–Trinajstić information content (AvgIpc) is 2.36. The van der Waals surface area contributed by atoms with Crippen molar-refractivity contribution in [1.82, 2.24) is 9.97 Å². The first kappa shape index (κ1) is 13.2. The van der Waals surface area contributed by atoms with Crippen molar-refractivity contribution in [3.63, 3.8) is 0 Å². The number of nitrogen functional groups attached to an aromatic ring is 1. The van der Waals surface area contributed by atoms with Crippen LogP contribution >= 0.6 is 34.8 Å². The van der Waals surface area contributed by atoms with Gasteiger partial charge in [-0.05, 0) is 18.2 Å². The lowest BCUT2D eigenvalue weighted by Crippen LogP contribution is -2.11. The van der Waals surface area contributed by atoms with Gasteiger partial charge in [-0.25, -0.2) is 10.8 Å². The first-order valence-electron chi connectivity index (χ1n) is 4.81. The fraction of sp³-hybridized carbons (Fsp3) is 0. The normalized spacial score (nSPS) is 10.2. The summed E-state index contributed by atoms with van der Waals surface area (Å²) in [6.07, 6.45) is 1.42. The number of hydrazine groups is 1. The summed E-state index contributed by atoms with van der Waals surface area (Å²) in [5, 5.41) is 4.34. The number of nitrogens with zero attached hydrogens (tertiary/aromatic N) is 2. The number of nitrogens with two attached hydrogens (primary N) is 1. The molecular formula is C10H8Cl3N5. The van der Waals surface area contributed by atoms with E-state index in [1.54, 1.807) is 18.2 Å². The smallest absolute Gasteiger partial charge is 0.239 e. The first-order valence-corrected chi connectivity index (χ1v) is 5.95. The van der Waals surface area contributed by atoms with Gasteiger partial charge in [-0.3, -0.25) is 5.43 Å². The SMILES string of the molecule is NNc1ncc(Cl)c(Nc2cc(Cl)ccc2Cl)n1. The van der Waals surface area contributed by atoms with Gasteiger partial charge in [0.1, 0.15) is 5.02 Å². The maximum absolute atomic E-state index is 6.02. The van der Waals surface area contributed by atoms with Crippen LogP contribution in [0.3, 0.4) is 0 Å². The molecule has 0 saturated carbocycles. The van der Waals surface area contributed by atoms with Crippen LogP contribution in [0.15, 0.2) is 24.4 Å². The van der Waals surface area contributed by atoms with E-state index in [1.807, 2.05) is 0 Å². The maximum Gasteiger partial charge on any atom is 0.239 e. The number of hydrogen-bond donors (Lipinski definition) is 3. The van der Waals surface area contributed by atoms with E-state index in [4.69, 9.17) is 40.6 Å². The van der Waals surface area contributed by atoms with Crippen molar-refractivity contribution in [2.45, 2.75) is 0 Å². The largest absolute Gasteiger partial charge is 0.338 e. The minimum Gasteiger partial charge on any atom is -0.338 e. The Balaban J connectivity index is 2.36. The number of rotatable bonds is 3. The van der Waals surface area contributed by atoms with Gasteiger partial charge < -0.3 is 5.32 Å². The third-order valence-corrected chi connectivity index (χ3v) is 2.90. The summed E-state index contributed by atoms with van der Waals surface area (Å²) in [4.78, 5) is 7.93. The van der Waals surface area contributed by atoms with E-state index in [9.17, 15) is 0 Å². The molecule has 0 saturated heterocycles. The zero-order valence-corrected chi connectivity index (χ0v) is 11.2. The molecule has 18 heavy (non-hydrogen) atoms. The van der Waals surface area contributed by atoms with Gasteiger partial charge >= 0.3 is 0 Å². The van der Waals surface area contributed by atoms with E-state index in [-0.39, 0.29) is 5.95 Å². The molecule has 0 unspecified atom stereocenters. The topological polar surface area (TPSA) is 75.9 Å². The molecule has 0 amide bonds. The number of hydrogen-bond acceptors (Lipinski definition) is 5. The minimum absolute atomic E-state index is 0.236. The molecule has 8 heteroatoms. The molecule has 0 fully saturated rings. The summed E-state index contributed by atoms with van der Waals surface area (Å²) in [6, 6.07) is 5.02. The van der Waals surface area contributed by atoms with Crippen molar-refractivity contribution >= 4 is 52.3 Å². The van der Waals surface area contributed by atoms with Crippen molar-refractivity contribution in [3.05, 3.63) is 39.5 Å². The van der Waals surface area contributed by atoms with Crippen molar-refractivity contribution in [1.29, 1.82) is 0 Å². The standard InChI is InChI=1S/C10H8Cl3N5/c11-5-1-2-6(12)8(3-5)16-9-7(13)4-15-10(17-9)18-14/h1-4H,14H2,(H2,15,16,17,18). The second-order valence-electron chi connectivity index (χ2n) is 3.28. The summed E-state index contributed by atoms with van der Waals surface area (Å²) >= 11 is 17.9. The lowest BCUT2D eigenvalue weighted by molar-refractivity contribution is 1.12. The molecule has 0 aliphatic rings. The number of anilines is 3. The van der Waals surface area contributed by atoms with E-state index < -0.39 is 0 Å². The predicted octanol–water partition coefficient (Wildman–Crippen LogP) is 3.47. The molecular weight excluding hydrogens is 297 g/mol. The van der Waals surface area contributed by atoms with Gasteiger partial charge in [0.05, 0.1) is 16.9 Å². The zero-order valence-electron chi connectivity index (χ0n) is 8.92. The van der Waals surface area contributed by atoms with Gasteiger partial charge in [0.15, 0.2) is 5.82 Å². The van der Waals surface area contributed by atoms with Gasteiger partial charge in [-0.15, -0.1) is 0 Å². The molecule has 1 aromatic carbocycles. The Hall–Kier alpha value is -1.27. The number of nitrogens with one attached hydrogen (secondary N) is 2. The molecule has 0 aliphatic carbocycles. The van der Waals surface area contributed by atoms with Crippen molar-refractivity contribution in [2.75, 3.05) is 10.7 Å². The van der Waals surface area contributed by atoms with Gasteiger partial charge in [-0.1, -0.05) is 34.8 Å². The van der Waals surface area contributed by atoms with Crippen LogP contribution < -0.4 is 16.6 Å². The highest BCUT2D eigenvalue weighted by atomic mass is 35.5. The fourth-order valence-corrected chi connectivity index (χ4v) is 1.72. The summed E-state index contributed by atoms with van der Waals surface area (Å²) in [5.74, 6) is 5.84. The predicted molar refractivity (Wildman–Crippen MR) is 74.6 cm³/mol. The summed E-state index contributed by atoms with van der Waals surface area (Å²) < 4.78 is 0. The Morgan fingerprint density at radius 2 is 1.89 bits per heavy atom. The Morgan fingerprint density at radius 1 is 1.11 bits per heavy atom. The Morgan fingerprint density at radius 3 is 2.61 bits per heavy atom. The van der Waals surface area contributed by atoms with Crippen molar-refractivity contribution < 1.29 is 0 Å². The van der Waals surface area contributed by atoms with Crippen molar-refractivity contribution in [3.8, 4) is 0 Å². The Bertz CT molecular complexity index is 575. The fourth-order valence-electron chi connectivity index (χ4n) is 1.25. The molecule has 5 nitrogen and oxygen atoms in total. The average molecular weight is 305 g/mol. The molecule has 0 spiro atoms. The maximum atomic E-state index is 6.02. The van der Waals surface area contributed by atoms with E-state index in [0.29, 0.717) is 26.6 Å². The van der Waals surface area contributed by atoms with Crippen LogP contribution in [0.5, 0.6) is 0 Å². The highest BCUT2D eigenvalue weighted by Crippen LogP contribution is 2.30. The van der Waals surface area contributed by atoms with Crippen LogP contribution in [0, 0.1) is 0 Å². The lowest BCUT2D eigenvalue weighted by Gasteiger charge is -2.10. The van der Waals surface area contributed by atoms with Gasteiger partial charge in [0.25, 0.3) is 0 Å². The van der Waals surface area contributed by atoms with Crippen LogP contribution in [0.2, 0.25) is 15.1 Å². The van der Waals surface area contributed by atoms with E-state index in [0.717, 1.165) is 0 Å². The number of halogens is 3. The van der Waals surface area contributed by atoms with Crippen molar-refractivity contribution in [2.24, 2.45) is 5.84 Å².